The van der Waals surface area contributed by atoms with Gasteiger partial charge in [0.1, 0.15) is 17.7 Å². The number of nitrogens with zero attached hydrogens (tertiary/aromatic N) is 4. The maximum absolute atomic E-state index is 9.15. The summed E-state index contributed by atoms with van der Waals surface area (Å²) in [4.78, 5) is 12.6. The number of aliphatic hydroxyl groups is 1. The normalized spacial score (nSPS) is 14.5. The highest BCUT2D eigenvalue weighted by Crippen LogP contribution is 2.26. The van der Waals surface area contributed by atoms with E-state index >= 15 is 0 Å². The molecular weight excluding hydrogens is 340 g/mol. The second kappa shape index (κ2) is 9.83. The molecule has 1 fully saturated rings. The Morgan fingerprint density at radius 3 is 2.59 bits per heavy atom. The molecule has 2 heterocycles. The number of rotatable bonds is 8. The first kappa shape index (κ1) is 19.1. The number of aromatic nitrogens is 3. The SMILES string of the molecule is N#Cc1cnc(Nc2cc(NCC3CCCCC3)c(CCCO)cn2)cn1. The molecule has 1 aliphatic rings. The van der Waals surface area contributed by atoms with Gasteiger partial charge in [-0.25, -0.2) is 15.0 Å². The zero-order valence-electron chi connectivity index (χ0n) is 15.5. The summed E-state index contributed by atoms with van der Waals surface area (Å²) in [5.41, 5.74) is 2.44. The van der Waals surface area contributed by atoms with Crippen LogP contribution in [0.25, 0.3) is 0 Å². The lowest BCUT2D eigenvalue weighted by Crippen LogP contribution is -2.18. The highest BCUT2D eigenvalue weighted by molar-refractivity contribution is 5.61. The zero-order chi connectivity index (χ0) is 18.9. The largest absolute Gasteiger partial charge is 0.396 e. The monoisotopic (exact) mass is 366 g/mol. The first-order chi connectivity index (χ1) is 13.3. The molecule has 0 aromatic carbocycles. The second-order valence-electron chi connectivity index (χ2n) is 6.96. The Kier molecular flexibility index (Phi) is 6.94. The van der Waals surface area contributed by atoms with E-state index in [9.17, 15) is 0 Å². The molecule has 3 N–H and O–H groups in total. The van der Waals surface area contributed by atoms with Gasteiger partial charge in [0.15, 0.2) is 5.69 Å². The maximum Gasteiger partial charge on any atom is 0.158 e. The smallest absolute Gasteiger partial charge is 0.158 e. The molecule has 0 amide bonds. The van der Waals surface area contributed by atoms with Crippen LogP contribution in [-0.4, -0.2) is 33.2 Å². The van der Waals surface area contributed by atoms with Crippen molar-refractivity contribution in [2.75, 3.05) is 23.8 Å². The predicted octanol–water partition coefficient (Wildman–Crippen LogP) is 3.40. The Balaban J connectivity index is 1.71. The van der Waals surface area contributed by atoms with Gasteiger partial charge in [0.25, 0.3) is 0 Å². The van der Waals surface area contributed by atoms with E-state index in [4.69, 9.17) is 10.4 Å². The highest BCUT2D eigenvalue weighted by atomic mass is 16.2. The van der Waals surface area contributed by atoms with Gasteiger partial charge in [-0.05, 0) is 37.2 Å². The predicted molar refractivity (Wildman–Crippen MR) is 105 cm³/mol. The molecular formula is C20H26N6O. The minimum absolute atomic E-state index is 0.170. The van der Waals surface area contributed by atoms with Crippen LogP contribution in [0.3, 0.4) is 0 Å². The Morgan fingerprint density at radius 1 is 1.07 bits per heavy atom. The minimum Gasteiger partial charge on any atom is -0.396 e. The Morgan fingerprint density at radius 2 is 1.89 bits per heavy atom. The maximum atomic E-state index is 9.15. The number of anilines is 3. The van der Waals surface area contributed by atoms with Crippen molar-refractivity contribution in [2.45, 2.75) is 44.9 Å². The summed E-state index contributed by atoms with van der Waals surface area (Å²) in [6.07, 6.45) is 12.9. The summed E-state index contributed by atoms with van der Waals surface area (Å²) < 4.78 is 0. The summed E-state index contributed by atoms with van der Waals surface area (Å²) in [5.74, 6) is 1.94. The van der Waals surface area contributed by atoms with Crippen molar-refractivity contribution >= 4 is 17.3 Å². The molecule has 3 rings (SSSR count). The van der Waals surface area contributed by atoms with Gasteiger partial charge in [0.05, 0.1) is 12.4 Å². The molecule has 1 aliphatic carbocycles. The molecule has 0 unspecified atom stereocenters. The summed E-state index contributed by atoms with van der Waals surface area (Å²) >= 11 is 0. The summed E-state index contributed by atoms with van der Waals surface area (Å²) in [6.45, 7) is 1.13. The van der Waals surface area contributed by atoms with E-state index in [-0.39, 0.29) is 12.3 Å². The lowest BCUT2D eigenvalue weighted by Gasteiger charge is -2.23. The van der Waals surface area contributed by atoms with E-state index in [2.05, 4.69) is 25.6 Å². The van der Waals surface area contributed by atoms with Gasteiger partial charge < -0.3 is 15.7 Å². The first-order valence-corrected chi connectivity index (χ1v) is 9.61. The highest BCUT2D eigenvalue weighted by Gasteiger charge is 2.14. The van der Waals surface area contributed by atoms with Crippen molar-refractivity contribution in [2.24, 2.45) is 5.92 Å². The molecule has 0 bridgehead atoms. The molecule has 1 saturated carbocycles. The number of aryl methyl sites for hydroxylation is 1. The fourth-order valence-electron chi connectivity index (χ4n) is 3.41. The summed E-state index contributed by atoms with van der Waals surface area (Å²) in [7, 11) is 0. The number of aliphatic hydroxyl groups excluding tert-OH is 1. The van der Waals surface area contributed by atoms with E-state index < -0.39 is 0 Å². The second-order valence-corrected chi connectivity index (χ2v) is 6.96. The van der Waals surface area contributed by atoms with E-state index in [1.165, 1.54) is 44.5 Å². The van der Waals surface area contributed by atoms with Gasteiger partial charge in [0, 0.05) is 31.1 Å². The van der Waals surface area contributed by atoms with Crippen LogP contribution in [0.5, 0.6) is 0 Å². The molecule has 0 atom stereocenters. The van der Waals surface area contributed by atoms with Crippen LogP contribution in [0, 0.1) is 17.2 Å². The van der Waals surface area contributed by atoms with Crippen molar-refractivity contribution in [1.29, 1.82) is 5.26 Å². The third kappa shape index (κ3) is 5.63. The summed E-state index contributed by atoms with van der Waals surface area (Å²) in [5, 5.41) is 24.7. The van der Waals surface area contributed by atoms with Crippen molar-refractivity contribution in [1.82, 2.24) is 15.0 Å². The van der Waals surface area contributed by atoms with Gasteiger partial charge >= 0.3 is 0 Å². The van der Waals surface area contributed by atoms with Crippen LogP contribution in [0.4, 0.5) is 17.3 Å². The third-order valence-corrected chi connectivity index (χ3v) is 4.92. The van der Waals surface area contributed by atoms with Crippen molar-refractivity contribution < 1.29 is 5.11 Å². The summed E-state index contributed by atoms with van der Waals surface area (Å²) in [6, 6.07) is 3.94. The van der Waals surface area contributed by atoms with Crippen molar-refractivity contribution in [3.05, 3.63) is 35.9 Å². The van der Waals surface area contributed by atoms with E-state index in [0.717, 1.165) is 30.1 Å². The number of hydrogen-bond donors (Lipinski definition) is 3. The zero-order valence-corrected chi connectivity index (χ0v) is 15.5. The first-order valence-electron chi connectivity index (χ1n) is 9.61. The number of nitriles is 1. The molecule has 7 nitrogen and oxygen atoms in total. The molecule has 142 valence electrons. The van der Waals surface area contributed by atoms with Crippen LogP contribution in [0.2, 0.25) is 0 Å². The van der Waals surface area contributed by atoms with Crippen molar-refractivity contribution in [3.8, 4) is 6.07 Å². The van der Waals surface area contributed by atoms with Gasteiger partial charge in [0.2, 0.25) is 0 Å². The van der Waals surface area contributed by atoms with Gasteiger partial charge in [-0.15, -0.1) is 0 Å². The fourth-order valence-corrected chi connectivity index (χ4v) is 3.41. The molecule has 27 heavy (non-hydrogen) atoms. The van der Waals surface area contributed by atoms with E-state index in [1.54, 1.807) is 0 Å². The van der Waals surface area contributed by atoms with Crippen LogP contribution in [-0.2, 0) is 6.42 Å². The molecule has 0 spiro atoms. The Hall–Kier alpha value is -2.72. The fraction of sp³-hybridized carbons (Fsp3) is 0.500. The quantitative estimate of drug-likeness (QED) is 0.657. The van der Waals surface area contributed by atoms with Gasteiger partial charge in [-0.2, -0.15) is 5.26 Å². The Labute approximate surface area is 159 Å². The topological polar surface area (TPSA) is 107 Å². The molecule has 0 saturated heterocycles. The van der Waals surface area contributed by atoms with Crippen LogP contribution < -0.4 is 10.6 Å². The minimum atomic E-state index is 0.170. The van der Waals surface area contributed by atoms with Crippen LogP contribution in [0.15, 0.2) is 24.7 Å². The average Bonchev–Trinajstić information content (AvgIpc) is 2.73. The molecule has 0 radical (unpaired) electrons. The third-order valence-electron chi connectivity index (χ3n) is 4.92. The molecule has 2 aromatic heterocycles. The molecule has 0 aliphatic heterocycles. The molecule has 2 aromatic rings. The standard InChI is InChI=1S/C20H26N6O/c21-10-17-13-25-20(14-22-17)26-19-9-18(16(12-24-19)7-4-8-27)23-11-15-5-2-1-3-6-15/h9,12-15,27H,1-8,11H2,(H2,23,24,25,26). The number of nitrogens with one attached hydrogen (secondary N) is 2. The van der Waals surface area contributed by atoms with Crippen LogP contribution in [0.1, 0.15) is 49.8 Å². The van der Waals surface area contributed by atoms with Gasteiger partial charge in [-0.3, -0.25) is 0 Å². The number of pyridine rings is 1. The van der Waals surface area contributed by atoms with E-state index in [0.29, 0.717) is 18.1 Å². The average molecular weight is 366 g/mol. The lowest BCUT2D eigenvalue weighted by molar-refractivity contribution is 0.288. The lowest BCUT2D eigenvalue weighted by atomic mass is 9.89. The number of hydrogen-bond acceptors (Lipinski definition) is 7. The van der Waals surface area contributed by atoms with Gasteiger partial charge in [-0.1, -0.05) is 19.3 Å². The van der Waals surface area contributed by atoms with E-state index in [1.807, 2.05) is 18.3 Å². The Bertz CT molecular complexity index is 765. The van der Waals surface area contributed by atoms with Crippen molar-refractivity contribution in [3.63, 3.8) is 0 Å². The molecule has 7 heteroatoms. The van der Waals surface area contributed by atoms with Crippen LogP contribution >= 0.6 is 0 Å².